The van der Waals surface area contributed by atoms with Gasteiger partial charge in [0.2, 0.25) is 0 Å². The van der Waals surface area contributed by atoms with Crippen molar-refractivity contribution in [3.63, 3.8) is 0 Å². The van der Waals surface area contributed by atoms with E-state index in [0.29, 0.717) is 6.54 Å². The number of nitrogens with two attached hydrogens (primary N) is 1. The third-order valence-electron chi connectivity index (χ3n) is 5.04. The second kappa shape index (κ2) is 7.68. The molecular formula is C18H23Cl2N3O. The molecule has 1 saturated carbocycles. The van der Waals surface area contributed by atoms with Crippen LogP contribution in [0.1, 0.15) is 43.0 Å². The highest BCUT2D eigenvalue weighted by Crippen LogP contribution is 2.42. The third-order valence-corrected chi connectivity index (χ3v) is 5.28. The zero-order valence-electron chi connectivity index (χ0n) is 13.7. The summed E-state index contributed by atoms with van der Waals surface area (Å²) in [5, 5.41) is 5.15. The molecule has 0 unspecified atom stereocenters. The second-order valence-corrected chi connectivity index (χ2v) is 6.92. The van der Waals surface area contributed by atoms with Gasteiger partial charge < -0.3 is 5.73 Å². The monoisotopic (exact) mass is 367 g/mol. The Hall–Kier alpha value is -1.36. The van der Waals surface area contributed by atoms with E-state index in [1.807, 2.05) is 25.1 Å². The first-order chi connectivity index (χ1) is 11.0. The first-order valence-electron chi connectivity index (χ1n) is 8.07. The predicted octanol–water partition coefficient (Wildman–Crippen LogP) is 3.64. The van der Waals surface area contributed by atoms with E-state index in [1.165, 1.54) is 5.56 Å². The zero-order valence-corrected chi connectivity index (χ0v) is 15.3. The fourth-order valence-electron chi connectivity index (χ4n) is 3.61. The molecule has 0 atom stereocenters. The quantitative estimate of drug-likeness (QED) is 0.900. The smallest absolute Gasteiger partial charge is 0.267 e. The molecule has 2 N–H and O–H groups in total. The van der Waals surface area contributed by atoms with E-state index in [4.69, 9.17) is 17.3 Å². The number of nitrogens with zero attached hydrogens (tertiary/aromatic N) is 2. The van der Waals surface area contributed by atoms with Crippen LogP contribution in [0.3, 0.4) is 0 Å². The Morgan fingerprint density at radius 3 is 2.62 bits per heavy atom. The summed E-state index contributed by atoms with van der Waals surface area (Å²) < 4.78 is 1.65. The van der Waals surface area contributed by atoms with Crippen LogP contribution in [0.2, 0.25) is 5.02 Å². The maximum Gasteiger partial charge on any atom is 0.267 e. The van der Waals surface area contributed by atoms with Crippen LogP contribution >= 0.6 is 24.0 Å². The van der Waals surface area contributed by atoms with Crippen molar-refractivity contribution in [3.05, 3.63) is 63.0 Å². The summed E-state index contributed by atoms with van der Waals surface area (Å²) in [4.78, 5) is 12.1. The van der Waals surface area contributed by atoms with Crippen LogP contribution in [0.5, 0.6) is 0 Å². The lowest BCUT2D eigenvalue weighted by Crippen LogP contribution is -2.41. The largest absolute Gasteiger partial charge is 0.330 e. The lowest BCUT2D eigenvalue weighted by Gasteiger charge is -2.40. The standard InChI is InChI=1S/C18H22ClN3O.ClH/c1-13-5-6-17(23)22(21-13)16-7-9-18(12-20,10-8-16)14-3-2-4-15(19)11-14;/h2-6,11,16H,7-10,12,20H2,1H3;1H/t16-,18-;. The van der Waals surface area contributed by atoms with Crippen molar-refractivity contribution < 1.29 is 0 Å². The zero-order chi connectivity index (χ0) is 16.4. The predicted molar refractivity (Wildman–Crippen MR) is 100 cm³/mol. The Balaban J connectivity index is 0.00000208. The maximum atomic E-state index is 12.1. The molecule has 3 rings (SSSR count). The first kappa shape index (κ1) is 19.0. The molecule has 1 aromatic carbocycles. The Bertz CT molecular complexity index is 752. The lowest BCUT2D eigenvalue weighted by molar-refractivity contribution is 0.221. The molecule has 1 fully saturated rings. The van der Waals surface area contributed by atoms with Gasteiger partial charge in [-0.15, -0.1) is 12.4 Å². The summed E-state index contributed by atoms with van der Waals surface area (Å²) in [7, 11) is 0. The number of rotatable bonds is 3. The normalized spacial score (nSPS) is 23.5. The Morgan fingerprint density at radius 1 is 1.29 bits per heavy atom. The van der Waals surface area contributed by atoms with E-state index in [2.05, 4.69) is 11.2 Å². The maximum absolute atomic E-state index is 12.1. The van der Waals surface area contributed by atoms with E-state index in [1.54, 1.807) is 16.8 Å². The van der Waals surface area contributed by atoms with Gasteiger partial charge in [0, 0.05) is 23.0 Å². The van der Waals surface area contributed by atoms with E-state index in [-0.39, 0.29) is 29.4 Å². The van der Waals surface area contributed by atoms with E-state index in [9.17, 15) is 4.79 Å². The molecule has 0 amide bonds. The highest BCUT2D eigenvalue weighted by atomic mass is 35.5. The molecule has 0 spiro atoms. The molecule has 24 heavy (non-hydrogen) atoms. The van der Waals surface area contributed by atoms with Gasteiger partial charge in [-0.2, -0.15) is 5.10 Å². The molecule has 4 nitrogen and oxygen atoms in total. The molecule has 1 aliphatic carbocycles. The molecule has 1 aromatic heterocycles. The minimum atomic E-state index is -0.0468. The molecule has 0 bridgehead atoms. The van der Waals surface area contributed by atoms with Gasteiger partial charge in [0.1, 0.15) is 0 Å². The van der Waals surface area contributed by atoms with Crippen molar-refractivity contribution in [1.82, 2.24) is 9.78 Å². The number of benzene rings is 1. The Kier molecular flexibility index (Phi) is 6.07. The van der Waals surface area contributed by atoms with E-state index >= 15 is 0 Å². The molecule has 0 saturated heterocycles. The molecule has 1 heterocycles. The molecule has 0 aliphatic heterocycles. The van der Waals surface area contributed by atoms with Crippen molar-refractivity contribution >= 4 is 24.0 Å². The van der Waals surface area contributed by atoms with Crippen molar-refractivity contribution in [3.8, 4) is 0 Å². The Morgan fingerprint density at radius 2 is 2.00 bits per heavy atom. The van der Waals surface area contributed by atoms with Gasteiger partial charge in [0.15, 0.2) is 0 Å². The van der Waals surface area contributed by atoms with Crippen LogP contribution in [0.4, 0.5) is 0 Å². The van der Waals surface area contributed by atoms with Crippen molar-refractivity contribution in [1.29, 1.82) is 0 Å². The Labute approximate surface area is 153 Å². The summed E-state index contributed by atoms with van der Waals surface area (Å²) in [6.07, 6.45) is 3.69. The average Bonchev–Trinajstić information content (AvgIpc) is 2.57. The summed E-state index contributed by atoms with van der Waals surface area (Å²) in [5.74, 6) is 0. The minimum absolute atomic E-state index is 0. The highest BCUT2D eigenvalue weighted by Gasteiger charge is 2.36. The van der Waals surface area contributed by atoms with Gasteiger partial charge in [-0.1, -0.05) is 23.7 Å². The number of hydrogen-bond acceptors (Lipinski definition) is 3. The topological polar surface area (TPSA) is 60.9 Å². The lowest BCUT2D eigenvalue weighted by atomic mass is 9.68. The molecule has 2 aromatic rings. The highest BCUT2D eigenvalue weighted by molar-refractivity contribution is 6.30. The van der Waals surface area contributed by atoms with Crippen LogP contribution < -0.4 is 11.3 Å². The summed E-state index contributed by atoms with van der Waals surface area (Å²) >= 11 is 6.15. The second-order valence-electron chi connectivity index (χ2n) is 6.48. The molecular weight excluding hydrogens is 345 g/mol. The van der Waals surface area contributed by atoms with E-state index in [0.717, 1.165) is 36.4 Å². The number of aromatic nitrogens is 2. The summed E-state index contributed by atoms with van der Waals surface area (Å²) in [5.41, 5.74) is 8.13. The molecule has 6 heteroatoms. The van der Waals surface area contributed by atoms with Crippen molar-refractivity contribution in [2.45, 2.75) is 44.1 Å². The van der Waals surface area contributed by atoms with Gasteiger partial charge in [0.25, 0.3) is 5.56 Å². The van der Waals surface area contributed by atoms with Crippen LogP contribution in [0.25, 0.3) is 0 Å². The van der Waals surface area contributed by atoms with Gasteiger partial charge in [-0.05, 0) is 56.4 Å². The van der Waals surface area contributed by atoms with Gasteiger partial charge >= 0.3 is 0 Å². The summed E-state index contributed by atoms with van der Waals surface area (Å²) in [6.45, 7) is 2.51. The third kappa shape index (κ3) is 3.66. The van der Waals surface area contributed by atoms with E-state index < -0.39 is 0 Å². The number of aryl methyl sites for hydroxylation is 1. The van der Waals surface area contributed by atoms with Crippen LogP contribution in [-0.4, -0.2) is 16.3 Å². The van der Waals surface area contributed by atoms with Gasteiger partial charge in [0.05, 0.1) is 11.7 Å². The van der Waals surface area contributed by atoms with Gasteiger partial charge in [-0.25, -0.2) is 4.68 Å². The fourth-order valence-corrected chi connectivity index (χ4v) is 3.80. The van der Waals surface area contributed by atoms with Crippen LogP contribution in [0.15, 0.2) is 41.2 Å². The van der Waals surface area contributed by atoms with Crippen LogP contribution in [0, 0.1) is 6.92 Å². The fraction of sp³-hybridized carbons (Fsp3) is 0.444. The molecule has 130 valence electrons. The van der Waals surface area contributed by atoms with Crippen molar-refractivity contribution in [2.24, 2.45) is 5.73 Å². The average molecular weight is 368 g/mol. The summed E-state index contributed by atoms with van der Waals surface area (Å²) in [6, 6.07) is 11.5. The minimum Gasteiger partial charge on any atom is -0.330 e. The van der Waals surface area contributed by atoms with Gasteiger partial charge in [-0.3, -0.25) is 4.79 Å². The SMILES string of the molecule is Cc1ccc(=O)n([C@H]2CC[C@](CN)(c3cccc(Cl)c3)CC2)n1.Cl. The van der Waals surface area contributed by atoms with Crippen LogP contribution in [-0.2, 0) is 5.41 Å². The molecule has 1 aliphatic rings. The first-order valence-corrected chi connectivity index (χ1v) is 8.44. The molecule has 0 radical (unpaired) electrons. The number of halogens is 2. The number of hydrogen-bond donors (Lipinski definition) is 1. The van der Waals surface area contributed by atoms with Crippen molar-refractivity contribution in [2.75, 3.05) is 6.54 Å².